The van der Waals surface area contributed by atoms with Crippen LogP contribution in [0.3, 0.4) is 0 Å². The summed E-state index contributed by atoms with van der Waals surface area (Å²) in [6, 6.07) is 6.01. The lowest BCUT2D eigenvalue weighted by molar-refractivity contribution is -0.137. The van der Waals surface area contributed by atoms with Gasteiger partial charge in [0, 0.05) is 25.7 Å². The highest BCUT2D eigenvalue weighted by Crippen LogP contribution is 2.34. The molecule has 1 unspecified atom stereocenters. The van der Waals surface area contributed by atoms with Crippen molar-refractivity contribution in [1.82, 2.24) is 10.2 Å². The van der Waals surface area contributed by atoms with Crippen LogP contribution in [0.5, 0.6) is 11.5 Å². The van der Waals surface area contributed by atoms with E-state index < -0.39 is 5.41 Å². The van der Waals surface area contributed by atoms with Gasteiger partial charge in [-0.2, -0.15) is 0 Å². The molecule has 0 saturated carbocycles. The molecule has 1 fully saturated rings. The Morgan fingerprint density at radius 1 is 1.26 bits per heavy atom. The molecule has 1 aliphatic rings. The first kappa shape index (κ1) is 19.6. The molecule has 1 atom stereocenters. The quantitative estimate of drug-likeness (QED) is 0.911. The number of ether oxygens (including phenoxy) is 2. The normalized spacial score (nSPS) is 18.1. The van der Waals surface area contributed by atoms with E-state index in [9.17, 15) is 4.79 Å². The number of amides is 1. The van der Waals surface area contributed by atoms with Gasteiger partial charge in [0.1, 0.15) is 0 Å². The maximum atomic E-state index is 12.9. The third kappa shape index (κ3) is 4.09. The Hall–Kier alpha value is -1.46. The summed E-state index contributed by atoms with van der Waals surface area (Å²) < 4.78 is 10.6. The highest BCUT2D eigenvalue weighted by atomic mass is 35.5. The van der Waals surface area contributed by atoms with Crippen LogP contribution in [0.2, 0.25) is 0 Å². The summed E-state index contributed by atoms with van der Waals surface area (Å²) in [5, 5.41) is 3.36. The van der Waals surface area contributed by atoms with Crippen LogP contribution >= 0.6 is 12.4 Å². The molecule has 1 saturated heterocycles. The molecule has 0 aromatic heterocycles. The highest BCUT2D eigenvalue weighted by molar-refractivity contribution is 5.87. The van der Waals surface area contributed by atoms with E-state index in [-0.39, 0.29) is 18.3 Å². The fourth-order valence-corrected chi connectivity index (χ4v) is 2.86. The van der Waals surface area contributed by atoms with Crippen LogP contribution in [0, 0.1) is 0 Å². The summed E-state index contributed by atoms with van der Waals surface area (Å²) >= 11 is 0. The van der Waals surface area contributed by atoms with Crippen LogP contribution in [0.1, 0.15) is 26.3 Å². The Morgan fingerprint density at radius 3 is 2.48 bits per heavy atom. The Kier molecular flexibility index (Phi) is 6.71. The molecule has 1 amide bonds. The number of methoxy groups -OCH3 is 2. The van der Waals surface area contributed by atoms with E-state index in [1.54, 1.807) is 14.2 Å². The average Bonchev–Trinajstić information content (AvgIpc) is 2.53. The maximum Gasteiger partial charge on any atom is 0.232 e. The van der Waals surface area contributed by atoms with Crippen LogP contribution in [0.25, 0.3) is 0 Å². The number of carbonyl (C=O) groups is 1. The molecule has 0 spiro atoms. The van der Waals surface area contributed by atoms with Gasteiger partial charge in [-0.05, 0) is 38.5 Å². The second-order valence-corrected chi connectivity index (χ2v) is 6.30. The van der Waals surface area contributed by atoms with Gasteiger partial charge >= 0.3 is 0 Å². The molecule has 1 N–H and O–H groups in total. The van der Waals surface area contributed by atoms with E-state index in [1.807, 2.05) is 36.9 Å². The Bertz CT molecular complexity index is 549. The second-order valence-electron chi connectivity index (χ2n) is 6.30. The van der Waals surface area contributed by atoms with Gasteiger partial charge in [0.15, 0.2) is 11.5 Å². The summed E-state index contributed by atoms with van der Waals surface area (Å²) in [5.41, 5.74) is 0.331. The Morgan fingerprint density at radius 2 is 1.91 bits per heavy atom. The van der Waals surface area contributed by atoms with Crippen LogP contribution in [0.4, 0.5) is 0 Å². The molecular weight excluding hydrogens is 316 g/mol. The van der Waals surface area contributed by atoms with Crippen molar-refractivity contribution in [3.8, 4) is 11.5 Å². The molecule has 0 radical (unpaired) electrons. The van der Waals surface area contributed by atoms with Crippen LogP contribution in [-0.4, -0.2) is 50.7 Å². The van der Waals surface area contributed by atoms with Crippen molar-refractivity contribution >= 4 is 18.3 Å². The second kappa shape index (κ2) is 7.88. The van der Waals surface area contributed by atoms with Crippen LogP contribution in [-0.2, 0) is 10.2 Å². The molecule has 1 aromatic carbocycles. The van der Waals surface area contributed by atoms with Gasteiger partial charge in [0.2, 0.25) is 5.91 Å². The molecule has 130 valence electrons. The topological polar surface area (TPSA) is 50.8 Å². The zero-order valence-corrected chi connectivity index (χ0v) is 15.3. The first-order chi connectivity index (χ1) is 10.4. The summed E-state index contributed by atoms with van der Waals surface area (Å²) in [4.78, 5) is 14.9. The Balaban J connectivity index is 0.00000264. The molecule has 0 aliphatic carbocycles. The molecule has 1 aromatic rings. The molecule has 23 heavy (non-hydrogen) atoms. The molecule has 2 rings (SSSR count). The zero-order chi connectivity index (χ0) is 16.3. The number of nitrogens with one attached hydrogen (secondary N) is 1. The first-order valence-electron chi connectivity index (χ1n) is 7.65. The summed E-state index contributed by atoms with van der Waals surface area (Å²) in [6.07, 6.45) is 0. The lowest BCUT2D eigenvalue weighted by Crippen LogP contribution is -2.55. The van der Waals surface area contributed by atoms with Gasteiger partial charge < -0.3 is 19.7 Å². The standard InChI is InChI=1S/C17H26N2O3.ClH/c1-12-11-19(9-8-18-12)16(20)17(2,3)13-6-7-14(21-4)15(10-13)22-5;/h6-7,10,12,18H,8-9,11H2,1-5H3;1H. The fraction of sp³-hybridized carbons (Fsp3) is 0.588. The molecular formula is C17H27ClN2O3. The minimum atomic E-state index is -0.601. The minimum absolute atomic E-state index is 0. The van der Waals surface area contributed by atoms with E-state index in [0.29, 0.717) is 17.5 Å². The van der Waals surface area contributed by atoms with Crippen molar-refractivity contribution < 1.29 is 14.3 Å². The smallest absolute Gasteiger partial charge is 0.232 e. The van der Waals surface area contributed by atoms with Crippen molar-refractivity contribution in [3.63, 3.8) is 0 Å². The summed E-state index contributed by atoms with van der Waals surface area (Å²) in [5.74, 6) is 1.47. The predicted octanol–water partition coefficient (Wildman–Crippen LogP) is 2.22. The molecule has 1 heterocycles. The largest absolute Gasteiger partial charge is 0.493 e. The fourth-order valence-electron chi connectivity index (χ4n) is 2.86. The number of hydrogen-bond donors (Lipinski definition) is 1. The van der Waals surface area contributed by atoms with Gasteiger partial charge in [-0.15, -0.1) is 12.4 Å². The van der Waals surface area contributed by atoms with E-state index in [0.717, 1.165) is 25.2 Å². The van der Waals surface area contributed by atoms with E-state index in [1.165, 1.54) is 0 Å². The average molecular weight is 343 g/mol. The number of benzene rings is 1. The van der Waals surface area contributed by atoms with Gasteiger partial charge in [-0.1, -0.05) is 6.07 Å². The van der Waals surface area contributed by atoms with Crippen LogP contribution in [0.15, 0.2) is 18.2 Å². The van der Waals surface area contributed by atoms with Gasteiger partial charge in [-0.25, -0.2) is 0 Å². The summed E-state index contributed by atoms with van der Waals surface area (Å²) in [7, 11) is 3.21. The molecule has 0 bridgehead atoms. The van der Waals surface area contributed by atoms with Gasteiger partial charge in [0.25, 0.3) is 0 Å². The SMILES string of the molecule is COc1ccc(C(C)(C)C(=O)N2CCNC(C)C2)cc1OC.Cl. The number of hydrogen-bond acceptors (Lipinski definition) is 4. The third-order valence-electron chi connectivity index (χ3n) is 4.30. The predicted molar refractivity (Wildman–Crippen MR) is 93.9 cm³/mol. The van der Waals surface area contributed by atoms with Crippen molar-refractivity contribution in [2.45, 2.75) is 32.2 Å². The molecule has 5 nitrogen and oxygen atoms in total. The van der Waals surface area contributed by atoms with Crippen molar-refractivity contribution in [1.29, 1.82) is 0 Å². The lowest BCUT2D eigenvalue weighted by Gasteiger charge is -2.37. The minimum Gasteiger partial charge on any atom is -0.493 e. The van der Waals surface area contributed by atoms with E-state index in [2.05, 4.69) is 12.2 Å². The zero-order valence-electron chi connectivity index (χ0n) is 14.5. The monoisotopic (exact) mass is 342 g/mol. The van der Waals surface area contributed by atoms with Crippen molar-refractivity contribution in [2.75, 3.05) is 33.9 Å². The first-order valence-corrected chi connectivity index (χ1v) is 7.65. The van der Waals surface area contributed by atoms with E-state index in [4.69, 9.17) is 9.47 Å². The molecule has 6 heteroatoms. The van der Waals surface area contributed by atoms with Gasteiger partial charge in [0.05, 0.1) is 19.6 Å². The van der Waals surface area contributed by atoms with Crippen molar-refractivity contribution in [2.24, 2.45) is 0 Å². The van der Waals surface area contributed by atoms with Crippen molar-refractivity contribution in [3.05, 3.63) is 23.8 Å². The molecule has 1 aliphatic heterocycles. The number of carbonyl (C=O) groups excluding carboxylic acids is 1. The summed E-state index contributed by atoms with van der Waals surface area (Å²) in [6.45, 7) is 8.36. The Labute approximate surface area is 144 Å². The number of rotatable bonds is 4. The lowest BCUT2D eigenvalue weighted by atomic mass is 9.82. The highest BCUT2D eigenvalue weighted by Gasteiger charge is 2.35. The third-order valence-corrected chi connectivity index (χ3v) is 4.30. The van der Waals surface area contributed by atoms with Crippen LogP contribution < -0.4 is 14.8 Å². The van der Waals surface area contributed by atoms with E-state index >= 15 is 0 Å². The van der Waals surface area contributed by atoms with Gasteiger partial charge in [-0.3, -0.25) is 4.79 Å². The maximum absolute atomic E-state index is 12.9. The number of piperazine rings is 1. The number of nitrogens with zero attached hydrogens (tertiary/aromatic N) is 1. The number of halogens is 1.